The van der Waals surface area contributed by atoms with Gasteiger partial charge in [0, 0.05) is 16.9 Å². The summed E-state index contributed by atoms with van der Waals surface area (Å²) in [6.07, 6.45) is 1.56. The van der Waals surface area contributed by atoms with Crippen molar-refractivity contribution in [3.05, 3.63) is 87.3 Å². The fourth-order valence-corrected chi connectivity index (χ4v) is 4.07. The zero-order valence-corrected chi connectivity index (χ0v) is 17.5. The van der Waals surface area contributed by atoms with E-state index < -0.39 is 5.97 Å². The van der Waals surface area contributed by atoms with Crippen molar-refractivity contribution in [3.8, 4) is 16.3 Å². The number of carboxylic acid groups (broad SMARTS) is 1. The van der Waals surface area contributed by atoms with E-state index in [-0.39, 0.29) is 11.5 Å². The van der Waals surface area contributed by atoms with E-state index in [1.807, 2.05) is 0 Å². The molecule has 150 valence electrons. The summed E-state index contributed by atoms with van der Waals surface area (Å²) < 4.78 is 2.04. The molecule has 0 unspecified atom stereocenters. The number of benzene rings is 2. The Labute approximate surface area is 185 Å². The third-order valence-corrected chi connectivity index (χ3v) is 5.68. The predicted molar refractivity (Wildman–Crippen MR) is 118 cm³/mol. The van der Waals surface area contributed by atoms with Crippen LogP contribution in [0.15, 0.2) is 66.9 Å². The van der Waals surface area contributed by atoms with E-state index >= 15 is 0 Å². The Balaban J connectivity index is 1.77. The Morgan fingerprint density at radius 2 is 1.83 bits per heavy atom. The molecule has 0 radical (unpaired) electrons. The second-order valence-electron chi connectivity index (χ2n) is 6.26. The van der Waals surface area contributed by atoms with Gasteiger partial charge in [-0.2, -0.15) is 5.10 Å². The maximum Gasteiger partial charge on any atom is 0.335 e. The van der Waals surface area contributed by atoms with Gasteiger partial charge in [-0.1, -0.05) is 35.3 Å². The smallest absolute Gasteiger partial charge is 0.335 e. The monoisotopic (exact) mass is 457 g/mol. The predicted octanol–water partition coefficient (Wildman–Crippen LogP) is 5.86. The lowest BCUT2D eigenvalue weighted by atomic mass is 10.2. The maximum absolute atomic E-state index is 13.0. The van der Waals surface area contributed by atoms with Gasteiger partial charge in [-0.25, -0.2) is 9.48 Å². The van der Waals surface area contributed by atoms with Crippen LogP contribution < -0.4 is 5.32 Å². The number of aromatic carboxylic acids is 1. The van der Waals surface area contributed by atoms with E-state index in [2.05, 4.69) is 10.4 Å². The van der Waals surface area contributed by atoms with Crippen molar-refractivity contribution >= 4 is 52.1 Å². The van der Waals surface area contributed by atoms with Crippen molar-refractivity contribution in [2.75, 3.05) is 5.32 Å². The summed E-state index contributed by atoms with van der Waals surface area (Å²) in [5.74, 6) is -1.43. The van der Waals surface area contributed by atoms with Crippen LogP contribution in [-0.2, 0) is 0 Å². The lowest BCUT2D eigenvalue weighted by Gasteiger charge is -2.05. The van der Waals surface area contributed by atoms with Crippen molar-refractivity contribution in [2.45, 2.75) is 0 Å². The molecule has 0 aliphatic carbocycles. The molecule has 9 heteroatoms. The number of halogens is 2. The van der Waals surface area contributed by atoms with Crippen molar-refractivity contribution in [1.29, 1.82) is 0 Å². The standard InChI is InChI=1S/C21H13Cl2N3O3S/c22-13-4-2-5-14(10-13)24-20(27)16-11-26(15-6-1-3-12(9-15)21(28)29)25-19(16)17-7-8-18(23)30-17/h1-11H,(H,24,27)(H,28,29). The number of anilines is 1. The molecule has 0 atom stereocenters. The van der Waals surface area contributed by atoms with Crippen LogP contribution >= 0.6 is 34.5 Å². The fourth-order valence-electron chi connectivity index (χ4n) is 2.84. The number of hydrogen-bond donors (Lipinski definition) is 2. The van der Waals surface area contributed by atoms with Crippen LogP contribution in [0.1, 0.15) is 20.7 Å². The molecule has 0 aliphatic heterocycles. The Morgan fingerprint density at radius 1 is 1.03 bits per heavy atom. The molecular weight excluding hydrogens is 445 g/mol. The molecule has 2 heterocycles. The molecule has 4 rings (SSSR count). The number of carbonyl (C=O) groups is 2. The summed E-state index contributed by atoms with van der Waals surface area (Å²) in [4.78, 5) is 25.0. The lowest BCUT2D eigenvalue weighted by Crippen LogP contribution is -2.12. The number of nitrogens with zero attached hydrogens (tertiary/aromatic N) is 2. The Kier molecular flexibility index (Phi) is 5.59. The van der Waals surface area contributed by atoms with E-state index in [1.165, 1.54) is 28.2 Å². The molecule has 0 aliphatic rings. The van der Waals surface area contributed by atoms with Gasteiger partial charge in [0.25, 0.3) is 5.91 Å². The summed E-state index contributed by atoms with van der Waals surface area (Å²) >= 11 is 13.4. The highest BCUT2D eigenvalue weighted by atomic mass is 35.5. The van der Waals surface area contributed by atoms with Crippen molar-refractivity contribution in [1.82, 2.24) is 9.78 Å². The van der Waals surface area contributed by atoms with E-state index in [0.29, 0.717) is 36.9 Å². The van der Waals surface area contributed by atoms with Crippen LogP contribution in [0, 0.1) is 0 Å². The molecule has 2 aromatic heterocycles. The highest BCUT2D eigenvalue weighted by molar-refractivity contribution is 7.19. The third-order valence-electron chi connectivity index (χ3n) is 4.21. The maximum atomic E-state index is 13.0. The van der Waals surface area contributed by atoms with E-state index in [9.17, 15) is 14.7 Å². The summed E-state index contributed by atoms with van der Waals surface area (Å²) in [6, 6.07) is 16.6. The van der Waals surface area contributed by atoms with Crippen molar-refractivity contribution < 1.29 is 14.7 Å². The number of rotatable bonds is 5. The van der Waals surface area contributed by atoms with Crippen LogP contribution in [0.2, 0.25) is 9.36 Å². The minimum Gasteiger partial charge on any atom is -0.478 e. The second kappa shape index (κ2) is 8.31. The Hall–Kier alpha value is -3.13. The number of carbonyl (C=O) groups excluding carboxylic acids is 1. The van der Waals surface area contributed by atoms with Gasteiger partial charge in [0.1, 0.15) is 5.69 Å². The summed E-state index contributed by atoms with van der Waals surface area (Å²) in [5.41, 5.74) is 1.93. The molecule has 6 nitrogen and oxygen atoms in total. The Morgan fingerprint density at radius 3 is 2.53 bits per heavy atom. The number of hydrogen-bond acceptors (Lipinski definition) is 4. The number of carboxylic acids is 1. The Bertz CT molecular complexity index is 1270. The molecule has 2 N–H and O–H groups in total. The van der Waals surface area contributed by atoms with E-state index in [4.69, 9.17) is 23.2 Å². The zero-order chi connectivity index (χ0) is 21.3. The fraction of sp³-hybridized carbons (Fsp3) is 0. The quantitative estimate of drug-likeness (QED) is 0.393. The molecule has 2 aromatic carbocycles. The molecule has 0 spiro atoms. The molecule has 1 amide bonds. The van der Waals surface area contributed by atoms with E-state index in [1.54, 1.807) is 54.7 Å². The van der Waals surface area contributed by atoms with Gasteiger partial charge in [-0.05, 0) is 48.5 Å². The first-order valence-corrected chi connectivity index (χ1v) is 10.2. The minimum absolute atomic E-state index is 0.119. The van der Waals surface area contributed by atoms with Crippen LogP contribution in [0.5, 0.6) is 0 Å². The molecule has 0 fully saturated rings. The summed E-state index contributed by atoms with van der Waals surface area (Å²) in [7, 11) is 0. The van der Waals surface area contributed by atoms with Gasteiger partial charge in [0.05, 0.1) is 26.0 Å². The molecule has 0 saturated heterocycles. The minimum atomic E-state index is -1.05. The van der Waals surface area contributed by atoms with Gasteiger partial charge >= 0.3 is 5.97 Å². The molecule has 0 saturated carbocycles. The first-order chi connectivity index (χ1) is 14.4. The average Bonchev–Trinajstić information content (AvgIpc) is 3.34. The SMILES string of the molecule is O=C(O)c1cccc(-n2cc(C(=O)Nc3cccc(Cl)c3)c(-c3ccc(Cl)s3)n2)c1. The first kappa shape index (κ1) is 20.2. The van der Waals surface area contributed by atoms with Gasteiger partial charge in [0.15, 0.2) is 0 Å². The van der Waals surface area contributed by atoms with Crippen LogP contribution in [0.4, 0.5) is 5.69 Å². The van der Waals surface area contributed by atoms with Crippen LogP contribution in [0.25, 0.3) is 16.3 Å². The van der Waals surface area contributed by atoms with Crippen LogP contribution in [-0.4, -0.2) is 26.8 Å². The molecule has 4 aromatic rings. The zero-order valence-electron chi connectivity index (χ0n) is 15.2. The topological polar surface area (TPSA) is 84.2 Å². The van der Waals surface area contributed by atoms with E-state index in [0.717, 1.165) is 0 Å². The average molecular weight is 458 g/mol. The first-order valence-electron chi connectivity index (χ1n) is 8.67. The molecule has 0 bridgehead atoms. The summed E-state index contributed by atoms with van der Waals surface area (Å²) in [5, 5.41) is 17.1. The van der Waals surface area contributed by atoms with Gasteiger partial charge in [0.2, 0.25) is 0 Å². The second-order valence-corrected chi connectivity index (χ2v) is 8.41. The van der Waals surface area contributed by atoms with Crippen molar-refractivity contribution in [2.24, 2.45) is 0 Å². The highest BCUT2D eigenvalue weighted by Gasteiger charge is 2.20. The summed E-state index contributed by atoms with van der Waals surface area (Å²) in [6.45, 7) is 0. The number of nitrogens with one attached hydrogen (secondary N) is 1. The normalized spacial score (nSPS) is 10.7. The third kappa shape index (κ3) is 4.23. The number of aromatic nitrogens is 2. The largest absolute Gasteiger partial charge is 0.478 e. The lowest BCUT2D eigenvalue weighted by molar-refractivity contribution is 0.0696. The number of thiophene rings is 1. The van der Waals surface area contributed by atoms with Crippen molar-refractivity contribution in [3.63, 3.8) is 0 Å². The molecule has 30 heavy (non-hydrogen) atoms. The van der Waals surface area contributed by atoms with Gasteiger partial charge < -0.3 is 10.4 Å². The van der Waals surface area contributed by atoms with Crippen LogP contribution in [0.3, 0.4) is 0 Å². The molecular formula is C21H13Cl2N3O3S. The van der Waals surface area contributed by atoms with Gasteiger partial charge in [-0.3, -0.25) is 4.79 Å². The van der Waals surface area contributed by atoms with Gasteiger partial charge in [-0.15, -0.1) is 11.3 Å². The highest BCUT2D eigenvalue weighted by Crippen LogP contribution is 2.33. The number of amides is 1.